The molecular formula is C11H19N3O. The number of nitrogens with zero attached hydrogens (tertiary/aromatic N) is 2. The maximum Gasteiger partial charge on any atom is 0.133 e. The lowest BCUT2D eigenvalue weighted by molar-refractivity contribution is -0.119. The minimum absolute atomic E-state index is 0.342. The van der Waals surface area contributed by atoms with Crippen molar-refractivity contribution in [1.29, 1.82) is 0 Å². The molecule has 1 heterocycles. The van der Waals surface area contributed by atoms with Gasteiger partial charge in [0.1, 0.15) is 5.78 Å². The zero-order chi connectivity index (χ0) is 11.1. The van der Waals surface area contributed by atoms with E-state index in [0.717, 1.165) is 24.9 Å². The molecular weight excluding hydrogens is 190 g/mol. The van der Waals surface area contributed by atoms with Crippen LogP contribution in [0, 0.1) is 0 Å². The number of aryl methyl sites for hydroxylation is 2. The highest BCUT2D eigenvalue weighted by Gasteiger charge is 2.03. The molecule has 1 aromatic rings. The second-order valence-corrected chi connectivity index (χ2v) is 3.77. The highest BCUT2D eigenvalue weighted by atomic mass is 16.1. The van der Waals surface area contributed by atoms with Crippen LogP contribution >= 0.6 is 0 Å². The number of hydrogen-bond acceptors (Lipinski definition) is 3. The van der Waals surface area contributed by atoms with Gasteiger partial charge in [0.15, 0.2) is 0 Å². The topological polar surface area (TPSA) is 46.9 Å². The highest BCUT2D eigenvalue weighted by Crippen LogP contribution is 2.03. The fourth-order valence-corrected chi connectivity index (χ4v) is 1.47. The smallest absolute Gasteiger partial charge is 0.133 e. The number of aromatic nitrogens is 2. The largest absolute Gasteiger partial charge is 0.320 e. The Kier molecular flexibility index (Phi) is 5.04. The molecule has 4 nitrogen and oxygen atoms in total. The summed E-state index contributed by atoms with van der Waals surface area (Å²) >= 11 is 0. The van der Waals surface area contributed by atoms with Crippen molar-refractivity contribution >= 4 is 5.78 Å². The zero-order valence-corrected chi connectivity index (χ0v) is 9.49. The molecule has 0 aliphatic rings. The molecule has 0 radical (unpaired) electrons. The molecule has 0 aliphatic heterocycles. The molecule has 0 bridgehead atoms. The molecule has 1 aromatic heterocycles. The highest BCUT2D eigenvalue weighted by molar-refractivity contribution is 5.78. The van der Waals surface area contributed by atoms with Crippen molar-refractivity contribution in [2.75, 3.05) is 13.6 Å². The molecule has 4 heteroatoms. The SMILES string of the molecule is CNCCCC(=O)CCc1cnn(C)c1. The van der Waals surface area contributed by atoms with Crippen LogP contribution in [0.5, 0.6) is 0 Å². The van der Waals surface area contributed by atoms with Crippen LogP contribution in [0.25, 0.3) is 0 Å². The quantitative estimate of drug-likeness (QED) is 0.679. The van der Waals surface area contributed by atoms with E-state index in [9.17, 15) is 4.79 Å². The molecule has 0 atom stereocenters. The Balaban J connectivity index is 2.16. The molecule has 0 aromatic carbocycles. The monoisotopic (exact) mass is 209 g/mol. The Morgan fingerprint density at radius 2 is 2.33 bits per heavy atom. The Labute approximate surface area is 90.7 Å². The number of ketones is 1. The van der Waals surface area contributed by atoms with Gasteiger partial charge in [-0.2, -0.15) is 5.10 Å². The maximum absolute atomic E-state index is 11.4. The number of carbonyl (C=O) groups excluding carboxylic acids is 1. The van der Waals surface area contributed by atoms with Crippen molar-refractivity contribution in [1.82, 2.24) is 15.1 Å². The van der Waals surface area contributed by atoms with Crippen LogP contribution in [0.4, 0.5) is 0 Å². The lowest BCUT2D eigenvalue weighted by Gasteiger charge is -1.99. The Bertz CT molecular complexity index is 307. The Hall–Kier alpha value is -1.16. The number of nitrogens with one attached hydrogen (secondary N) is 1. The second kappa shape index (κ2) is 6.35. The summed E-state index contributed by atoms with van der Waals surface area (Å²) in [4.78, 5) is 11.4. The van der Waals surface area contributed by atoms with Crippen molar-refractivity contribution in [2.24, 2.45) is 7.05 Å². The lowest BCUT2D eigenvalue weighted by atomic mass is 10.1. The fourth-order valence-electron chi connectivity index (χ4n) is 1.47. The lowest BCUT2D eigenvalue weighted by Crippen LogP contribution is -2.10. The Morgan fingerprint density at radius 3 is 2.93 bits per heavy atom. The maximum atomic E-state index is 11.4. The number of rotatable bonds is 7. The van der Waals surface area contributed by atoms with E-state index in [1.807, 2.05) is 26.5 Å². The molecule has 0 amide bonds. The predicted molar refractivity (Wildman–Crippen MR) is 59.7 cm³/mol. The first-order valence-electron chi connectivity index (χ1n) is 5.36. The van der Waals surface area contributed by atoms with Gasteiger partial charge in [-0.05, 0) is 32.0 Å². The number of carbonyl (C=O) groups is 1. The van der Waals surface area contributed by atoms with E-state index >= 15 is 0 Å². The number of hydrogen-bond donors (Lipinski definition) is 1. The van der Waals surface area contributed by atoms with Crippen LogP contribution in [-0.4, -0.2) is 29.2 Å². The average Bonchev–Trinajstić information content (AvgIpc) is 2.62. The fraction of sp³-hybridized carbons (Fsp3) is 0.636. The molecule has 1 rings (SSSR count). The molecule has 0 spiro atoms. The third kappa shape index (κ3) is 4.74. The summed E-state index contributed by atoms with van der Waals surface area (Å²) in [6.07, 6.45) is 6.84. The normalized spacial score (nSPS) is 10.5. The van der Waals surface area contributed by atoms with Crippen LogP contribution in [0.1, 0.15) is 24.8 Å². The summed E-state index contributed by atoms with van der Waals surface area (Å²) in [6, 6.07) is 0. The summed E-state index contributed by atoms with van der Waals surface area (Å²) in [5, 5.41) is 7.10. The van der Waals surface area contributed by atoms with Crippen LogP contribution < -0.4 is 5.32 Å². The third-order valence-electron chi connectivity index (χ3n) is 2.33. The van der Waals surface area contributed by atoms with E-state index in [-0.39, 0.29) is 0 Å². The van der Waals surface area contributed by atoms with E-state index in [1.54, 1.807) is 4.68 Å². The minimum Gasteiger partial charge on any atom is -0.320 e. The van der Waals surface area contributed by atoms with E-state index in [4.69, 9.17) is 0 Å². The first kappa shape index (κ1) is 11.9. The number of Topliss-reactive ketones (excluding diaryl/α,β-unsaturated/α-hetero) is 1. The van der Waals surface area contributed by atoms with Gasteiger partial charge in [0.2, 0.25) is 0 Å². The summed E-state index contributed by atoms with van der Waals surface area (Å²) < 4.78 is 1.76. The van der Waals surface area contributed by atoms with Gasteiger partial charge in [-0.15, -0.1) is 0 Å². The van der Waals surface area contributed by atoms with Gasteiger partial charge in [0.25, 0.3) is 0 Å². The summed E-state index contributed by atoms with van der Waals surface area (Å²) in [5.41, 5.74) is 1.14. The molecule has 0 aliphatic carbocycles. The van der Waals surface area contributed by atoms with E-state index in [1.165, 1.54) is 0 Å². The van der Waals surface area contributed by atoms with Crippen molar-refractivity contribution in [3.8, 4) is 0 Å². The molecule has 0 fully saturated rings. The van der Waals surface area contributed by atoms with Crippen LogP contribution in [-0.2, 0) is 18.3 Å². The van der Waals surface area contributed by atoms with Crippen LogP contribution in [0.2, 0.25) is 0 Å². The summed E-state index contributed by atoms with van der Waals surface area (Å²) in [6.45, 7) is 0.915. The first-order valence-corrected chi connectivity index (χ1v) is 5.36. The van der Waals surface area contributed by atoms with Gasteiger partial charge >= 0.3 is 0 Å². The van der Waals surface area contributed by atoms with Gasteiger partial charge in [-0.1, -0.05) is 0 Å². The molecule has 0 saturated carbocycles. The Morgan fingerprint density at radius 1 is 1.53 bits per heavy atom. The van der Waals surface area contributed by atoms with Crippen molar-refractivity contribution in [3.63, 3.8) is 0 Å². The summed E-state index contributed by atoms with van der Waals surface area (Å²) in [5.74, 6) is 0.342. The molecule has 0 saturated heterocycles. The van der Waals surface area contributed by atoms with Gasteiger partial charge < -0.3 is 5.32 Å². The van der Waals surface area contributed by atoms with Gasteiger partial charge in [0.05, 0.1) is 6.20 Å². The van der Waals surface area contributed by atoms with Crippen LogP contribution in [0.15, 0.2) is 12.4 Å². The first-order chi connectivity index (χ1) is 7.22. The molecule has 0 unspecified atom stereocenters. The molecule has 15 heavy (non-hydrogen) atoms. The standard InChI is InChI=1S/C11H19N3O/c1-12-7-3-4-11(15)6-5-10-8-13-14(2)9-10/h8-9,12H,3-7H2,1-2H3. The predicted octanol–water partition coefficient (Wildman–Crippen LogP) is 0.921. The van der Waals surface area contributed by atoms with Gasteiger partial charge in [-0.3, -0.25) is 9.48 Å². The van der Waals surface area contributed by atoms with Crippen molar-refractivity contribution < 1.29 is 4.79 Å². The van der Waals surface area contributed by atoms with E-state index in [2.05, 4.69) is 10.4 Å². The van der Waals surface area contributed by atoms with E-state index < -0.39 is 0 Å². The van der Waals surface area contributed by atoms with Crippen molar-refractivity contribution in [3.05, 3.63) is 18.0 Å². The third-order valence-corrected chi connectivity index (χ3v) is 2.33. The molecule has 1 N–H and O–H groups in total. The summed E-state index contributed by atoms with van der Waals surface area (Å²) in [7, 11) is 3.79. The van der Waals surface area contributed by atoms with Crippen LogP contribution in [0.3, 0.4) is 0 Å². The minimum atomic E-state index is 0.342. The van der Waals surface area contributed by atoms with Gasteiger partial charge in [0, 0.05) is 26.1 Å². The second-order valence-electron chi connectivity index (χ2n) is 3.77. The zero-order valence-electron chi connectivity index (χ0n) is 9.49. The van der Waals surface area contributed by atoms with E-state index in [0.29, 0.717) is 18.6 Å². The average molecular weight is 209 g/mol. The van der Waals surface area contributed by atoms with Crippen molar-refractivity contribution in [2.45, 2.75) is 25.7 Å². The molecule has 84 valence electrons. The van der Waals surface area contributed by atoms with Gasteiger partial charge in [-0.25, -0.2) is 0 Å².